The zero-order valence-electron chi connectivity index (χ0n) is 17.6. The Bertz CT molecular complexity index is 730. The van der Waals surface area contributed by atoms with E-state index in [1.54, 1.807) is 26.8 Å². The van der Waals surface area contributed by atoms with Crippen LogP contribution in [0.1, 0.15) is 46.5 Å². The van der Waals surface area contributed by atoms with Crippen LogP contribution in [0.15, 0.2) is 24.3 Å². The summed E-state index contributed by atoms with van der Waals surface area (Å²) in [7, 11) is 0. The third-order valence-corrected chi connectivity index (χ3v) is 5.32. The molecule has 2 aliphatic heterocycles. The van der Waals surface area contributed by atoms with Crippen molar-refractivity contribution in [2.75, 3.05) is 18.4 Å². The first kappa shape index (κ1) is 22.7. The Kier molecular flexibility index (Phi) is 6.81. The van der Waals surface area contributed by atoms with Gasteiger partial charge in [0.15, 0.2) is 6.23 Å². The minimum absolute atomic E-state index is 0.0512. The third kappa shape index (κ3) is 6.25. The topological polar surface area (TPSA) is 62.8 Å². The molecule has 3 rings (SSSR count). The molecule has 3 unspecified atom stereocenters. The fourth-order valence-corrected chi connectivity index (χ4v) is 3.83. The van der Waals surface area contributed by atoms with Crippen molar-refractivity contribution in [3.63, 3.8) is 0 Å². The standard InChI is InChI=1S/C21H30F3N3O3/c1-20(2,3)19(28)29-17-13-16(27-10-5-4-6-11-27)18(26-17)25-14-8-7-9-15(12-14)30-21(22,23)24/h7-9,12,16-18,25-26H,4-6,10-11,13H2,1-3H3. The molecule has 0 amide bonds. The van der Waals surface area contributed by atoms with E-state index in [0.717, 1.165) is 25.9 Å². The fourth-order valence-electron chi connectivity index (χ4n) is 3.83. The normalized spacial score (nSPS) is 25.7. The van der Waals surface area contributed by atoms with Crippen LogP contribution in [0.4, 0.5) is 18.9 Å². The highest BCUT2D eigenvalue weighted by molar-refractivity contribution is 5.75. The fraction of sp³-hybridized carbons (Fsp3) is 0.667. The van der Waals surface area contributed by atoms with E-state index >= 15 is 0 Å². The summed E-state index contributed by atoms with van der Waals surface area (Å²) in [6, 6.07) is 5.82. The molecule has 168 valence electrons. The third-order valence-electron chi connectivity index (χ3n) is 5.32. The maximum Gasteiger partial charge on any atom is 0.573 e. The van der Waals surface area contributed by atoms with Gasteiger partial charge in [-0.25, -0.2) is 0 Å². The lowest BCUT2D eigenvalue weighted by molar-refractivity contribution is -0.274. The van der Waals surface area contributed by atoms with Crippen molar-refractivity contribution in [2.45, 2.75) is 71.3 Å². The number of hydrogen-bond acceptors (Lipinski definition) is 6. The number of hydrogen-bond donors (Lipinski definition) is 2. The summed E-state index contributed by atoms with van der Waals surface area (Å²) in [5, 5.41) is 6.56. The number of nitrogens with zero attached hydrogens (tertiary/aromatic N) is 1. The van der Waals surface area contributed by atoms with Gasteiger partial charge in [-0.2, -0.15) is 0 Å². The molecule has 0 aliphatic carbocycles. The van der Waals surface area contributed by atoms with Gasteiger partial charge < -0.3 is 14.8 Å². The number of ether oxygens (including phenoxy) is 2. The zero-order valence-corrected chi connectivity index (χ0v) is 17.6. The lowest BCUT2D eigenvalue weighted by Gasteiger charge is -2.35. The van der Waals surface area contributed by atoms with Crippen molar-refractivity contribution in [1.29, 1.82) is 0 Å². The molecule has 0 bridgehead atoms. The number of rotatable bonds is 5. The number of piperidine rings is 1. The van der Waals surface area contributed by atoms with Crippen molar-refractivity contribution in [3.8, 4) is 5.75 Å². The molecule has 1 aromatic carbocycles. The van der Waals surface area contributed by atoms with Crippen molar-refractivity contribution < 1.29 is 27.4 Å². The molecule has 30 heavy (non-hydrogen) atoms. The first-order chi connectivity index (χ1) is 14.0. The molecule has 3 atom stereocenters. The van der Waals surface area contributed by atoms with Gasteiger partial charge in [0.2, 0.25) is 0 Å². The van der Waals surface area contributed by atoms with E-state index in [0.29, 0.717) is 12.1 Å². The molecule has 2 heterocycles. The van der Waals surface area contributed by atoms with E-state index in [1.165, 1.54) is 24.6 Å². The van der Waals surface area contributed by atoms with Crippen LogP contribution in [0.2, 0.25) is 0 Å². The number of likely N-dealkylation sites (tertiary alicyclic amines) is 1. The van der Waals surface area contributed by atoms with Crippen molar-refractivity contribution >= 4 is 11.7 Å². The van der Waals surface area contributed by atoms with Crippen LogP contribution in [0.25, 0.3) is 0 Å². The quantitative estimate of drug-likeness (QED) is 0.688. The van der Waals surface area contributed by atoms with Gasteiger partial charge in [0.05, 0.1) is 11.6 Å². The Labute approximate surface area is 175 Å². The second-order valence-electron chi connectivity index (χ2n) is 8.91. The van der Waals surface area contributed by atoms with Gasteiger partial charge in [-0.1, -0.05) is 12.5 Å². The zero-order chi connectivity index (χ0) is 21.9. The molecule has 2 saturated heterocycles. The van der Waals surface area contributed by atoms with Gasteiger partial charge in [0.25, 0.3) is 0 Å². The highest BCUT2D eigenvalue weighted by atomic mass is 19.4. The number of carbonyl (C=O) groups excluding carboxylic acids is 1. The summed E-state index contributed by atoms with van der Waals surface area (Å²) in [6.45, 7) is 7.29. The minimum atomic E-state index is -4.74. The van der Waals surface area contributed by atoms with Gasteiger partial charge in [-0.3, -0.25) is 15.0 Å². The van der Waals surface area contributed by atoms with Crippen LogP contribution in [-0.2, 0) is 9.53 Å². The maximum atomic E-state index is 12.5. The largest absolute Gasteiger partial charge is 0.573 e. The molecule has 2 fully saturated rings. The molecule has 9 heteroatoms. The first-order valence-electron chi connectivity index (χ1n) is 10.3. The molecular weight excluding hydrogens is 399 g/mol. The summed E-state index contributed by atoms with van der Waals surface area (Å²) in [5.74, 6) is -0.575. The molecule has 0 saturated carbocycles. The molecule has 0 spiro atoms. The Morgan fingerprint density at radius 3 is 2.50 bits per heavy atom. The maximum absolute atomic E-state index is 12.5. The monoisotopic (exact) mass is 429 g/mol. The predicted molar refractivity (Wildman–Crippen MR) is 107 cm³/mol. The molecule has 0 aromatic heterocycles. The number of nitrogens with one attached hydrogen (secondary N) is 2. The number of alkyl halides is 3. The minimum Gasteiger partial charge on any atom is -0.446 e. The molecule has 1 aromatic rings. The Morgan fingerprint density at radius 2 is 1.87 bits per heavy atom. The first-order valence-corrected chi connectivity index (χ1v) is 10.3. The Hall–Kier alpha value is -2.00. The molecule has 2 aliphatic rings. The van der Waals surface area contributed by atoms with Gasteiger partial charge in [-0.15, -0.1) is 13.2 Å². The number of halogens is 3. The summed E-state index contributed by atoms with van der Waals surface area (Å²) >= 11 is 0. The van der Waals surface area contributed by atoms with Crippen LogP contribution < -0.4 is 15.4 Å². The smallest absolute Gasteiger partial charge is 0.446 e. The molecule has 2 N–H and O–H groups in total. The lowest BCUT2D eigenvalue weighted by Crippen LogP contribution is -2.50. The second kappa shape index (κ2) is 9.01. The lowest BCUT2D eigenvalue weighted by atomic mass is 9.97. The Morgan fingerprint density at radius 1 is 1.17 bits per heavy atom. The molecule has 0 radical (unpaired) electrons. The van der Waals surface area contributed by atoms with Crippen LogP contribution in [0.3, 0.4) is 0 Å². The summed E-state index contributed by atoms with van der Waals surface area (Å²) < 4.78 is 47.3. The van der Waals surface area contributed by atoms with E-state index in [2.05, 4.69) is 20.3 Å². The van der Waals surface area contributed by atoms with Crippen molar-refractivity contribution in [3.05, 3.63) is 24.3 Å². The SMILES string of the molecule is CC(C)(C)C(=O)OC1CC(N2CCCCC2)C(Nc2cccc(OC(F)(F)F)c2)N1. The van der Waals surface area contributed by atoms with E-state index in [9.17, 15) is 18.0 Å². The predicted octanol–water partition coefficient (Wildman–Crippen LogP) is 4.09. The van der Waals surface area contributed by atoms with E-state index in [4.69, 9.17) is 4.74 Å². The number of benzene rings is 1. The van der Waals surface area contributed by atoms with Gasteiger partial charge in [0.1, 0.15) is 5.75 Å². The van der Waals surface area contributed by atoms with Crippen LogP contribution in [0, 0.1) is 5.41 Å². The summed E-state index contributed by atoms with van der Waals surface area (Å²) in [5.41, 5.74) is -0.115. The van der Waals surface area contributed by atoms with Crippen LogP contribution >= 0.6 is 0 Å². The number of anilines is 1. The molecular formula is C21H30F3N3O3. The van der Waals surface area contributed by atoms with Crippen molar-refractivity contribution in [2.24, 2.45) is 5.41 Å². The van der Waals surface area contributed by atoms with Gasteiger partial charge in [-0.05, 0) is 58.8 Å². The molecule has 6 nitrogen and oxygen atoms in total. The van der Waals surface area contributed by atoms with Crippen LogP contribution in [0.5, 0.6) is 5.75 Å². The van der Waals surface area contributed by atoms with E-state index in [1.807, 2.05) is 0 Å². The van der Waals surface area contributed by atoms with Crippen molar-refractivity contribution in [1.82, 2.24) is 10.2 Å². The second-order valence-corrected chi connectivity index (χ2v) is 8.91. The average Bonchev–Trinajstić information content (AvgIpc) is 3.02. The van der Waals surface area contributed by atoms with Gasteiger partial charge >= 0.3 is 12.3 Å². The van der Waals surface area contributed by atoms with E-state index < -0.39 is 18.0 Å². The highest BCUT2D eigenvalue weighted by Crippen LogP contribution is 2.29. The highest BCUT2D eigenvalue weighted by Gasteiger charge is 2.41. The van der Waals surface area contributed by atoms with E-state index in [-0.39, 0.29) is 23.9 Å². The van der Waals surface area contributed by atoms with Gasteiger partial charge in [0, 0.05) is 24.2 Å². The summed E-state index contributed by atoms with van der Waals surface area (Å²) in [6.07, 6.45) is -1.48. The number of esters is 1. The van der Waals surface area contributed by atoms with Crippen LogP contribution in [-0.4, -0.2) is 48.8 Å². The Balaban J connectivity index is 1.72. The summed E-state index contributed by atoms with van der Waals surface area (Å²) in [4.78, 5) is 14.7. The number of carbonyl (C=O) groups is 1. The average molecular weight is 429 g/mol.